The van der Waals surface area contributed by atoms with E-state index in [1.165, 1.54) is 6.33 Å². The molecule has 0 atom stereocenters. The summed E-state index contributed by atoms with van der Waals surface area (Å²) in [7, 11) is 1.57. The number of aromatic nitrogens is 4. The van der Waals surface area contributed by atoms with Crippen LogP contribution >= 0.6 is 0 Å². The van der Waals surface area contributed by atoms with E-state index in [4.69, 9.17) is 26.0 Å². The van der Waals surface area contributed by atoms with Gasteiger partial charge >= 0.3 is 6.09 Å². The number of piperidine rings is 1. The van der Waals surface area contributed by atoms with Crippen molar-refractivity contribution >= 4 is 28.6 Å². The molecule has 4 rings (SSSR count). The van der Waals surface area contributed by atoms with Crippen LogP contribution < -0.4 is 16.2 Å². The van der Waals surface area contributed by atoms with E-state index in [9.17, 15) is 4.79 Å². The van der Waals surface area contributed by atoms with Crippen molar-refractivity contribution in [3.63, 3.8) is 0 Å². The molecule has 0 unspecified atom stereocenters. The molecule has 3 heterocycles. The zero-order chi connectivity index (χ0) is 22.7. The van der Waals surface area contributed by atoms with E-state index < -0.39 is 0 Å². The van der Waals surface area contributed by atoms with E-state index in [0.717, 1.165) is 31.2 Å². The van der Waals surface area contributed by atoms with Crippen molar-refractivity contribution < 1.29 is 14.3 Å². The Morgan fingerprint density at radius 3 is 2.72 bits per heavy atom. The quantitative estimate of drug-likeness (QED) is 0.441. The van der Waals surface area contributed by atoms with E-state index in [-0.39, 0.29) is 12.1 Å². The van der Waals surface area contributed by atoms with Crippen LogP contribution in [0.4, 0.5) is 16.3 Å². The number of likely N-dealkylation sites (tertiary alicyclic amines) is 1. The van der Waals surface area contributed by atoms with E-state index in [1.54, 1.807) is 18.1 Å². The summed E-state index contributed by atoms with van der Waals surface area (Å²) >= 11 is 0. The summed E-state index contributed by atoms with van der Waals surface area (Å²) in [5, 5.41) is 5.58. The minimum absolute atomic E-state index is 0.0796. The number of anilines is 2. The van der Waals surface area contributed by atoms with Gasteiger partial charge in [-0.1, -0.05) is 19.4 Å². The van der Waals surface area contributed by atoms with Gasteiger partial charge in [0.15, 0.2) is 5.65 Å². The molecular weight excluding hydrogens is 410 g/mol. The van der Waals surface area contributed by atoms with Crippen molar-refractivity contribution in [3.05, 3.63) is 24.5 Å². The van der Waals surface area contributed by atoms with Gasteiger partial charge in [0.2, 0.25) is 0 Å². The number of methoxy groups -OCH3 is 1. The first kappa shape index (κ1) is 21.7. The Balaban J connectivity index is 1.61. The SMILES string of the molecule is CCCCOC(=O)N1CCC(n2nc(-c3ccc(N)c(OC)c3)c3c(N)ncnc32)CC1. The lowest BCUT2D eigenvalue weighted by molar-refractivity contribution is 0.0868. The monoisotopic (exact) mass is 439 g/mol. The van der Waals surface area contributed by atoms with Crippen molar-refractivity contribution in [3.8, 4) is 17.0 Å². The Bertz CT molecular complexity index is 1110. The Labute approximate surface area is 186 Å². The van der Waals surface area contributed by atoms with E-state index in [1.807, 2.05) is 16.8 Å². The molecule has 4 N–H and O–H groups in total. The van der Waals surface area contributed by atoms with Crippen LogP contribution in [0.15, 0.2) is 24.5 Å². The fourth-order valence-corrected chi connectivity index (χ4v) is 4.00. The molecule has 0 saturated carbocycles. The fraction of sp³-hybridized carbons (Fsp3) is 0.455. The molecule has 1 aliphatic heterocycles. The first-order chi connectivity index (χ1) is 15.5. The van der Waals surface area contributed by atoms with Gasteiger partial charge in [-0.25, -0.2) is 19.4 Å². The van der Waals surface area contributed by atoms with E-state index in [2.05, 4.69) is 16.9 Å². The molecule has 10 nitrogen and oxygen atoms in total. The third-order valence-electron chi connectivity index (χ3n) is 5.82. The van der Waals surface area contributed by atoms with Crippen LogP contribution in [0.3, 0.4) is 0 Å². The highest BCUT2D eigenvalue weighted by molar-refractivity contribution is 5.98. The van der Waals surface area contributed by atoms with Crippen LogP contribution in [0, 0.1) is 0 Å². The zero-order valence-corrected chi connectivity index (χ0v) is 18.5. The van der Waals surface area contributed by atoms with E-state index in [0.29, 0.717) is 53.7 Å². The van der Waals surface area contributed by atoms with Gasteiger partial charge in [-0.2, -0.15) is 5.10 Å². The second-order valence-electron chi connectivity index (χ2n) is 7.89. The first-order valence-electron chi connectivity index (χ1n) is 10.9. The number of nitrogen functional groups attached to an aromatic ring is 2. The Kier molecular flexibility index (Phi) is 6.29. The lowest BCUT2D eigenvalue weighted by Gasteiger charge is -2.31. The molecule has 10 heteroatoms. The lowest BCUT2D eigenvalue weighted by atomic mass is 10.1. The summed E-state index contributed by atoms with van der Waals surface area (Å²) in [5.74, 6) is 0.930. The normalized spacial score (nSPS) is 14.6. The minimum atomic E-state index is -0.247. The number of hydrogen-bond acceptors (Lipinski definition) is 8. The van der Waals surface area contributed by atoms with Crippen molar-refractivity contribution in [2.75, 3.05) is 38.3 Å². The number of nitrogens with two attached hydrogens (primary N) is 2. The number of amides is 1. The predicted molar refractivity (Wildman–Crippen MR) is 122 cm³/mol. The fourth-order valence-electron chi connectivity index (χ4n) is 4.00. The molecule has 1 amide bonds. The van der Waals surface area contributed by atoms with Gasteiger partial charge in [-0.3, -0.25) is 0 Å². The zero-order valence-electron chi connectivity index (χ0n) is 18.5. The number of hydrogen-bond donors (Lipinski definition) is 2. The molecular formula is C22H29N7O3. The smallest absolute Gasteiger partial charge is 0.409 e. The number of carbonyl (C=O) groups is 1. The number of nitrogens with zero attached hydrogens (tertiary/aromatic N) is 5. The topological polar surface area (TPSA) is 134 Å². The molecule has 1 saturated heterocycles. The summed E-state index contributed by atoms with van der Waals surface area (Å²) in [4.78, 5) is 22.7. The third kappa shape index (κ3) is 4.12. The first-order valence-corrected chi connectivity index (χ1v) is 10.9. The Morgan fingerprint density at radius 2 is 2.00 bits per heavy atom. The van der Waals surface area contributed by atoms with Gasteiger partial charge in [0.05, 0.1) is 30.8 Å². The van der Waals surface area contributed by atoms with Crippen LogP contribution in [0.25, 0.3) is 22.3 Å². The maximum Gasteiger partial charge on any atom is 0.409 e. The van der Waals surface area contributed by atoms with Crippen LogP contribution in [-0.4, -0.2) is 57.5 Å². The summed E-state index contributed by atoms with van der Waals surface area (Å²) < 4.78 is 12.6. The molecule has 32 heavy (non-hydrogen) atoms. The van der Waals surface area contributed by atoms with Crippen molar-refractivity contribution in [2.24, 2.45) is 0 Å². The van der Waals surface area contributed by atoms with Crippen molar-refractivity contribution in [1.82, 2.24) is 24.6 Å². The maximum atomic E-state index is 12.3. The highest BCUT2D eigenvalue weighted by Crippen LogP contribution is 2.36. The molecule has 0 aliphatic carbocycles. The number of unbranched alkanes of at least 4 members (excludes halogenated alkanes) is 1. The van der Waals surface area contributed by atoms with Gasteiger partial charge < -0.3 is 25.8 Å². The largest absolute Gasteiger partial charge is 0.495 e. The van der Waals surface area contributed by atoms with Gasteiger partial charge in [0.25, 0.3) is 0 Å². The van der Waals surface area contributed by atoms with Crippen LogP contribution in [-0.2, 0) is 4.74 Å². The molecule has 0 bridgehead atoms. The molecule has 3 aromatic rings. The molecule has 170 valence electrons. The van der Waals surface area contributed by atoms with Gasteiger partial charge in [0, 0.05) is 18.7 Å². The summed E-state index contributed by atoms with van der Waals surface area (Å²) in [6, 6.07) is 5.58. The van der Waals surface area contributed by atoms with Crippen LogP contribution in [0.5, 0.6) is 5.75 Å². The Hall–Kier alpha value is -3.56. The summed E-state index contributed by atoms with van der Waals surface area (Å²) in [6.07, 6.45) is 4.56. The predicted octanol–water partition coefficient (Wildman–Crippen LogP) is 3.24. The second kappa shape index (κ2) is 9.29. The second-order valence-corrected chi connectivity index (χ2v) is 7.89. The van der Waals surface area contributed by atoms with Crippen molar-refractivity contribution in [1.29, 1.82) is 0 Å². The molecule has 1 aliphatic rings. The molecule has 0 spiro atoms. The number of fused-ring (bicyclic) bond motifs is 1. The van der Waals surface area contributed by atoms with Crippen LogP contribution in [0.2, 0.25) is 0 Å². The number of ether oxygens (including phenoxy) is 2. The number of carbonyl (C=O) groups excluding carboxylic acids is 1. The minimum Gasteiger partial charge on any atom is -0.495 e. The standard InChI is InChI=1S/C22H29N7O3/c1-3-4-11-32-22(30)28-9-7-15(8-10-28)29-21-18(20(24)25-13-26-21)19(27-29)14-5-6-16(23)17(12-14)31-2/h5-6,12-13,15H,3-4,7-11,23H2,1-2H3,(H2,24,25,26). The van der Waals surface area contributed by atoms with E-state index >= 15 is 0 Å². The average molecular weight is 440 g/mol. The molecule has 1 aromatic carbocycles. The Morgan fingerprint density at radius 1 is 1.22 bits per heavy atom. The molecule has 2 aromatic heterocycles. The van der Waals surface area contributed by atoms with Gasteiger partial charge in [-0.15, -0.1) is 0 Å². The molecule has 1 fully saturated rings. The average Bonchev–Trinajstić information content (AvgIpc) is 3.20. The van der Waals surface area contributed by atoms with Gasteiger partial charge in [0.1, 0.15) is 23.6 Å². The maximum absolute atomic E-state index is 12.3. The lowest BCUT2D eigenvalue weighted by Crippen LogP contribution is -2.39. The highest BCUT2D eigenvalue weighted by atomic mass is 16.6. The van der Waals surface area contributed by atoms with Gasteiger partial charge in [-0.05, 0) is 31.4 Å². The highest BCUT2D eigenvalue weighted by Gasteiger charge is 2.28. The molecule has 0 radical (unpaired) electrons. The summed E-state index contributed by atoms with van der Waals surface area (Å²) in [5.41, 5.74) is 14.9. The summed E-state index contributed by atoms with van der Waals surface area (Å²) in [6.45, 7) is 3.73. The third-order valence-corrected chi connectivity index (χ3v) is 5.82. The van der Waals surface area contributed by atoms with Crippen LogP contribution in [0.1, 0.15) is 38.6 Å². The number of benzene rings is 1. The number of rotatable bonds is 6. The van der Waals surface area contributed by atoms with Crippen molar-refractivity contribution in [2.45, 2.75) is 38.6 Å².